The van der Waals surface area contributed by atoms with Crippen molar-refractivity contribution in [1.29, 1.82) is 0 Å². The van der Waals surface area contributed by atoms with Gasteiger partial charge in [-0.3, -0.25) is 0 Å². The smallest absolute Gasteiger partial charge is 0.127 e. The summed E-state index contributed by atoms with van der Waals surface area (Å²) in [5, 5.41) is 9.40. The SMILES string of the molecule is Oc1c(CF)c(CF)cc(CF)c1CF. The second-order valence-electron chi connectivity index (χ2n) is 3.04. The predicted octanol–water partition coefficient (Wildman–Crippen LogP) is 3.27. The molecule has 0 fully saturated rings. The van der Waals surface area contributed by atoms with Gasteiger partial charge in [0, 0.05) is 11.1 Å². The van der Waals surface area contributed by atoms with Crippen LogP contribution in [-0.2, 0) is 26.7 Å². The van der Waals surface area contributed by atoms with E-state index in [1.54, 1.807) is 0 Å². The van der Waals surface area contributed by atoms with Gasteiger partial charge in [0.25, 0.3) is 0 Å². The first kappa shape index (κ1) is 11.8. The molecule has 1 aromatic rings. The summed E-state index contributed by atoms with van der Waals surface area (Å²) in [7, 11) is 0. The summed E-state index contributed by atoms with van der Waals surface area (Å²) in [6.45, 7) is -4.26. The number of halogens is 4. The molecule has 1 aromatic carbocycles. The van der Waals surface area contributed by atoms with E-state index in [1.807, 2.05) is 0 Å². The molecule has 84 valence electrons. The Hall–Kier alpha value is -1.26. The summed E-state index contributed by atoms with van der Waals surface area (Å²) >= 11 is 0. The number of benzene rings is 1. The summed E-state index contributed by atoms with van der Waals surface area (Å²) in [5.41, 5.74) is -0.885. The first-order chi connectivity index (χ1) is 7.19. The number of rotatable bonds is 4. The Kier molecular flexibility index (Phi) is 3.94. The number of phenols is 1. The van der Waals surface area contributed by atoms with Crippen LogP contribution < -0.4 is 0 Å². The summed E-state index contributed by atoms with van der Waals surface area (Å²) in [6, 6.07) is 1.05. The van der Waals surface area contributed by atoms with Crippen molar-refractivity contribution >= 4 is 0 Å². The number of alkyl halides is 4. The minimum atomic E-state index is -1.11. The fourth-order valence-electron chi connectivity index (χ4n) is 1.41. The maximum absolute atomic E-state index is 12.4. The molecule has 1 rings (SSSR count). The lowest BCUT2D eigenvalue weighted by Gasteiger charge is -2.12. The van der Waals surface area contributed by atoms with Gasteiger partial charge in [-0.15, -0.1) is 0 Å². The molecule has 0 aromatic heterocycles. The number of aromatic hydroxyl groups is 1. The van der Waals surface area contributed by atoms with E-state index in [4.69, 9.17) is 0 Å². The fourth-order valence-corrected chi connectivity index (χ4v) is 1.41. The van der Waals surface area contributed by atoms with E-state index in [0.717, 1.165) is 6.07 Å². The van der Waals surface area contributed by atoms with Crippen LogP contribution >= 0.6 is 0 Å². The Morgan fingerprint density at radius 2 is 1.20 bits per heavy atom. The van der Waals surface area contributed by atoms with Crippen molar-refractivity contribution in [2.45, 2.75) is 26.7 Å². The fraction of sp³-hybridized carbons (Fsp3) is 0.400. The Balaban J connectivity index is 3.41. The van der Waals surface area contributed by atoms with Crippen LogP contribution in [0.15, 0.2) is 6.07 Å². The molecule has 0 atom stereocenters. The normalized spacial score (nSPS) is 10.7. The second-order valence-corrected chi connectivity index (χ2v) is 3.04. The summed E-state index contributed by atoms with van der Waals surface area (Å²) in [4.78, 5) is 0. The topological polar surface area (TPSA) is 20.2 Å². The minimum Gasteiger partial charge on any atom is -0.507 e. The lowest BCUT2D eigenvalue weighted by molar-refractivity contribution is 0.392. The third-order valence-electron chi connectivity index (χ3n) is 2.25. The Morgan fingerprint density at radius 1 is 0.800 bits per heavy atom. The molecule has 0 bridgehead atoms. The largest absolute Gasteiger partial charge is 0.507 e. The zero-order valence-corrected chi connectivity index (χ0v) is 7.86. The molecule has 0 spiro atoms. The zero-order valence-electron chi connectivity index (χ0n) is 7.86. The monoisotopic (exact) mass is 222 g/mol. The van der Waals surface area contributed by atoms with Crippen molar-refractivity contribution in [1.82, 2.24) is 0 Å². The van der Waals surface area contributed by atoms with Crippen LogP contribution in [0.2, 0.25) is 0 Å². The average Bonchev–Trinajstić information content (AvgIpc) is 2.27. The quantitative estimate of drug-likeness (QED) is 0.775. The second kappa shape index (κ2) is 5.00. The Bertz CT molecular complexity index is 322. The molecule has 0 aliphatic rings. The Morgan fingerprint density at radius 3 is 1.47 bits per heavy atom. The molecule has 0 unspecified atom stereocenters. The van der Waals surface area contributed by atoms with Crippen LogP contribution in [0.5, 0.6) is 5.75 Å². The van der Waals surface area contributed by atoms with Crippen molar-refractivity contribution < 1.29 is 22.7 Å². The van der Waals surface area contributed by atoms with Crippen LogP contribution in [-0.4, -0.2) is 5.11 Å². The van der Waals surface area contributed by atoms with E-state index in [-0.39, 0.29) is 22.3 Å². The summed E-state index contributed by atoms with van der Waals surface area (Å²) in [6.07, 6.45) is 0. The average molecular weight is 222 g/mol. The highest BCUT2D eigenvalue weighted by molar-refractivity contribution is 5.49. The van der Waals surface area contributed by atoms with Crippen LogP contribution in [0.1, 0.15) is 22.3 Å². The van der Waals surface area contributed by atoms with Gasteiger partial charge in [0.15, 0.2) is 0 Å². The Labute approximate surface area is 84.3 Å². The van der Waals surface area contributed by atoms with Crippen molar-refractivity contribution in [3.8, 4) is 5.75 Å². The van der Waals surface area contributed by atoms with E-state index < -0.39 is 32.4 Å². The van der Waals surface area contributed by atoms with E-state index in [9.17, 15) is 22.7 Å². The summed E-state index contributed by atoms with van der Waals surface area (Å²) < 4.78 is 49.7. The van der Waals surface area contributed by atoms with E-state index in [2.05, 4.69) is 0 Å². The van der Waals surface area contributed by atoms with Gasteiger partial charge < -0.3 is 5.11 Å². The predicted molar refractivity (Wildman–Crippen MR) is 47.4 cm³/mol. The third kappa shape index (κ3) is 2.06. The van der Waals surface area contributed by atoms with Gasteiger partial charge in [-0.05, 0) is 17.2 Å². The van der Waals surface area contributed by atoms with Crippen molar-refractivity contribution in [3.05, 3.63) is 28.3 Å². The highest BCUT2D eigenvalue weighted by atomic mass is 19.1. The molecule has 1 N–H and O–H groups in total. The zero-order chi connectivity index (χ0) is 11.4. The van der Waals surface area contributed by atoms with Gasteiger partial charge in [0.2, 0.25) is 0 Å². The molecule has 0 aliphatic carbocycles. The van der Waals surface area contributed by atoms with Gasteiger partial charge in [-0.25, -0.2) is 17.6 Å². The first-order valence-corrected chi connectivity index (χ1v) is 4.28. The molecule has 5 heteroatoms. The summed E-state index contributed by atoms with van der Waals surface area (Å²) in [5.74, 6) is -0.678. The van der Waals surface area contributed by atoms with E-state index in [1.165, 1.54) is 0 Å². The maximum atomic E-state index is 12.4. The molecule has 0 radical (unpaired) electrons. The molecular weight excluding hydrogens is 212 g/mol. The van der Waals surface area contributed by atoms with Gasteiger partial charge in [-0.1, -0.05) is 0 Å². The van der Waals surface area contributed by atoms with Crippen LogP contribution in [0.3, 0.4) is 0 Å². The molecule has 1 nitrogen and oxygen atoms in total. The lowest BCUT2D eigenvalue weighted by Crippen LogP contribution is -1.99. The van der Waals surface area contributed by atoms with Crippen LogP contribution in [0.25, 0.3) is 0 Å². The maximum Gasteiger partial charge on any atom is 0.127 e. The molecule has 0 saturated heterocycles. The molecule has 15 heavy (non-hydrogen) atoms. The molecule has 0 heterocycles. The minimum absolute atomic E-state index is 0.139. The van der Waals surface area contributed by atoms with Crippen molar-refractivity contribution in [2.24, 2.45) is 0 Å². The molecule has 0 saturated carbocycles. The van der Waals surface area contributed by atoms with E-state index in [0.29, 0.717) is 0 Å². The highest BCUT2D eigenvalue weighted by Crippen LogP contribution is 2.32. The standard InChI is InChI=1S/C10H10F4O/c11-2-6-1-7(3-12)9(5-14)10(15)8(6)4-13/h1,15H,2-5H2. The first-order valence-electron chi connectivity index (χ1n) is 4.28. The number of hydrogen-bond acceptors (Lipinski definition) is 1. The van der Waals surface area contributed by atoms with Gasteiger partial charge >= 0.3 is 0 Å². The molecule has 0 aliphatic heterocycles. The van der Waals surface area contributed by atoms with Crippen molar-refractivity contribution in [3.63, 3.8) is 0 Å². The lowest BCUT2D eigenvalue weighted by atomic mass is 9.99. The number of phenolic OH excluding ortho intramolecular Hbond substituents is 1. The van der Waals surface area contributed by atoms with E-state index >= 15 is 0 Å². The van der Waals surface area contributed by atoms with Crippen molar-refractivity contribution in [2.75, 3.05) is 0 Å². The third-order valence-corrected chi connectivity index (χ3v) is 2.25. The molecule has 0 amide bonds. The van der Waals surface area contributed by atoms with Crippen LogP contribution in [0.4, 0.5) is 17.6 Å². The van der Waals surface area contributed by atoms with Gasteiger partial charge in [-0.2, -0.15) is 0 Å². The van der Waals surface area contributed by atoms with Gasteiger partial charge in [0.05, 0.1) is 0 Å². The van der Waals surface area contributed by atoms with Gasteiger partial charge in [0.1, 0.15) is 32.4 Å². The number of hydrogen-bond donors (Lipinski definition) is 1. The van der Waals surface area contributed by atoms with Crippen LogP contribution in [0, 0.1) is 0 Å². The molecular formula is C10H10F4O. The highest BCUT2D eigenvalue weighted by Gasteiger charge is 2.17.